The number of thioether (sulfide) groups is 1. The first-order chi connectivity index (χ1) is 9.38. The normalized spacial score (nSPS) is 10.4. The lowest BCUT2D eigenvalue weighted by molar-refractivity contribution is -0.117. The van der Waals surface area contributed by atoms with Gasteiger partial charge in [-0.2, -0.15) is 0 Å². The van der Waals surface area contributed by atoms with Crippen molar-refractivity contribution < 1.29 is 9.59 Å². The number of nitrogens with one attached hydrogen (secondary N) is 2. The number of aryl methyl sites for hydroxylation is 2. The Morgan fingerprint density at radius 3 is 2.55 bits per heavy atom. The molecule has 0 aromatic heterocycles. The molecule has 0 aliphatic carbocycles. The van der Waals surface area contributed by atoms with Crippen LogP contribution in [0, 0.1) is 19.8 Å². The van der Waals surface area contributed by atoms with Crippen LogP contribution < -0.4 is 10.6 Å². The van der Waals surface area contributed by atoms with Crippen LogP contribution >= 0.6 is 11.8 Å². The molecule has 0 spiro atoms. The van der Waals surface area contributed by atoms with E-state index in [1.54, 1.807) is 0 Å². The number of hydrogen-bond donors (Lipinski definition) is 2. The van der Waals surface area contributed by atoms with E-state index < -0.39 is 6.03 Å². The minimum absolute atomic E-state index is 0.235. The maximum Gasteiger partial charge on any atom is 0.321 e. The fourth-order valence-corrected chi connectivity index (χ4v) is 2.42. The Hall–Kier alpha value is -1.49. The molecule has 20 heavy (non-hydrogen) atoms. The number of imide groups is 1. The van der Waals surface area contributed by atoms with Crippen molar-refractivity contribution in [3.8, 4) is 0 Å². The molecule has 1 aromatic rings. The maximum absolute atomic E-state index is 11.7. The Morgan fingerprint density at radius 1 is 1.25 bits per heavy atom. The highest BCUT2D eigenvalue weighted by Crippen LogP contribution is 2.22. The summed E-state index contributed by atoms with van der Waals surface area (Å²) in [4.78, 5) is 24.1. The van der Waals surface area contributed by atoms with Gasteiger partial charge in [-0.25, -0.2) is 4.79 Å². The first-order valence-electron chi connectivity index (χ1n) is 6.66. The van der Waals surface area contributed by atoms with Crippen LogP contribution in [-0.4, -0.2) is 24.2 Å². The quantitative estimate of drug-likeness (QED) is 0.821. The summed E-state index contributed by atoms with van der Waals surface area (Å²) in [6.07, 6.45) is 0. The highest BCUT2D eigenvalue weighted by Gasteiger charge is 2.09. The molecule has 0 fully saturated rings. The van der Waals surface area contributed by atoms with Crippen molar-refractivity contribution in [1.82, 2.24) is 10.6 Å². The molecule has 0 aliphatic rings. The van der Waals surface area contributed by atoms with Crippen LogP contribution in [0.25, 0.3) is 0 Å². The Kier molecular flexibility index (Phi) is 6.58. The van der Waals surface area contributed by atoms with Crippen molar-refractivity contribution in [3.63, 3.8) is 0 Å². The Labute approximate surface area is 124 Å². The van der Waals surface area contributed by atoms with Crippen molar-refractivity contribution in [2.24, 2.45) is 5.92 Å². The van der Waals surface area contributed by atoms with Crippen LogP contribution in [0.4, 0.5) is 4.79 Å². The van der Waals surface area contributed by atoms with E-state index in [9.17, 15) is 9.59 Å². The summed E-state index contributed by atoms with van der Waals surface area (Å²) in [6.45, 7) is 8.61. The van der Waals surface area contributed by atoms with Gasteiger partial charge in [-0.1, -0.05) is 31.5 Å². The molecule has 0 bridgehead atoms. The van der Waals surface area contributed by atoms with Gasteiger partial charge in [-0.3, -0.25) is 10.1 Å². The van der Waals surface area contributed by atoms with Gasteiger partial charge in [0.15, 0.2) is 0 Å². The van der Waals surface area contributed by atoms with Crippen LogP contribution in [0.1, 0.15) is 25.0 Å². The summed E-state index contributed by atoms with van der Waals surface area (Å²) in [5.74, 6) is 0.315. The minimum Gasteiger partial charge on any atom is -0.338 e. The van der Waals surface area contributed by atoms with E-state index in [4.69, 9.17) is 0 Å². The fraction of sp³-hybridized carbons (Fsp3) is 0.467. The molecule has 5 heteroatoms. The third-order valence-electron chi connectivity index (χ3n) is 2.61. The fourth-order valence-electron chi connectivity index (χ4n) is 1.61. The van der Waals surface area contributed by atoms with Crippen LogP contribution in [0.2, 0.25) is 0 Å². The lowest BCUT2D eigenvalue weighted by Gasteiger charge is -2.09. The van der Waals surface area contributed by atoms with Crippen molar-refractivity contribution in [2.75, 3.05) is 12.3 Å². The van der Waals surface area contributed by atoms with Gasteiger partial charge in [-0.15, -0.1) is 11.8 Å². The zero-order chi connectivity index (χ0) is 15.1. The van der Waals surface area contributed by atoms with E-state index in [1.165, 1.54) is 17.3 Å². The Bertz CT molecular complexity index is 487. The molecule has 4 nitrogen and oxygen atoms in total. The van der Waals surface area contributed by atoms with Gasteiger partial charge in [0.2, 0.25) is 5.91 Å². The molecule has 0 saturated carbocycles. The van der Waals surface area contributed by atoms with Crippen LogP contribution in [0.3, 0.4) is 0 Å². The lowest BCUT2D eigenvalue weighted by atomic mass is 10.2. The standard InChI is InChI=1S/C15H22N2O2S/c1-10(2)8-16-15(19)17-14(18)9-20-13-6-5-11(3)7-12(13)4/h5-7,10H,8-9H2,1-4H3,(H2,16,17,18,19). The highest BCUT2D eigenvalue weighted by atomic mass is 32.2. The van der Waals surface area contributed by atoms with Crippen molar-refractivity contribution in [1.29, 1.82) is 0 Å². The van der Waals surface area contributed by atoms with Gasteiger partial charge in [0.05, 0.1) is 5.75 Å². The average molecular weight is 294 g/mol. The number of benzene rings is 1. The van der Waals surface area contributed by atoms with E-state index in [1.807, 2.05) is 39.8 Å². The van der Waals surface area contributed by atoms with Gasteiger partial charge in [0.25, 0.3) is 0 Å². The van der Waals surface area contributed by atoms with Gasteiger partial charge < -0.3 is 5.32 Å². The number of carbonyl (C=O) groups excluding carboxylic acids is 2. The molecule has 1 rings (SSSR count). The monoisotopic (exact) mass is 294 g/mol. The topological polar surface area (TPSA) is 58.2 Å². The maximum atomic E-state index is 11.7. The molecule has 1 aromatic carbocycles. The molecule has 110 valence electrons. The molecule has 0 aliphatic heterocycles. The Balaban J connectivity index is 2.38. The van der Waals surface area contributed by atoms with Crippen molar-refractivity contribution in [3.05, 3.63) is 29.3 Å². The van der Waals surface area contributed by atoms with E-state index in [2.05, 4.69) is 16.7 Å². The second-order valence-electron chi connectivity index (χ2n) is 5.21. The largest absolute Gasteiger partial charge is 0.338 e. The van der Waals surface area contributed by atoms with Crippen LogP contribution in [0.15, 0.2) is 23.1 Å². The smallest absolute Gasteiger partial charge is 0.321 e. The van der Waals surface area contributed by atoms with E-state index in [0.29, 0.717) is 12.5 Å². The third kappa shape index (κ3) is 6.10. The molecule has 2 N–H and O–H groups in total. The molecule has 0 heterocycles. The highest BCUT2D eigenvalue weighted by molar-refractivity contribution is 8.00. The second kappa shape index (κ2) is 7.94. The van der Waals surface area contributed by atoms with Gasteiger partial charge in [0.1, 0.15) is 0 Å². The predicted octanol–water partition coefficient (Wildman–Crippen LogP) is 2.88. The summed E-state index contributed by atoms with van der Waals surface area (Å²) in [5.41, 5.74) is 2.34. The third-order valence-corrected chi connectivity index (χ3v) is 3.79. The summed E-state index contributed by atoms with van der Waals surface area (Å²) in [6, 6.07) is 5.67. The van der Waals surface area contributed by atoms with Gasteiger partial charge in [-0.05, 0) is 31.4 Å². The van der Waals surface area contributed by atoms with E-state index in [-0.39, 0.29) is 11.7 Å². The molecule has 0 saturated heterocycles. The lowest BCUT2D eigenvalue weighted by Crippen LogP contribution is -2.41. The van der Waals surface area contributed by atoms with E-state index in [0.717, 1.165) is 10.5 Å². The average Bonchev–Trinajstić information content (AvgIpc) is 2.35. The molecular formula is C15H22N2O2S. The summed E-state index contributed by atoms with van der Waals surface area (Å²) < 4.78 is 0. The molecule has 0 atom stereocenters. The number of rotatable bonds is 5. The minimum atomic E-state index is -0.426. The first kappa shape index (κ1) is 16.6. The van der Waals surface area contributed by atoms with Crippen molar-refractivity contribution in [2.45, 2.75) is 32.6 Å². The number of urea groups is 1. The summed E-state index contributed by atoms with van der Waals surface area (Å²) in [5, 5.41) is 4.98. The molecule has 0 unspecified atom stereocenters. The second-order valence-corrected chi connectivity index (χ2v) is 6.23. The SMILES string of the molecule is Cc1ccc(SCC(=O)NC(=O)NCC(C)C)c(C)c1. The molecule has 0 radical (unpaired) electrons. The Morgan fingerprint density at radius 2 is 1.95 bits per heavy atom. The predicted molar refractivity (Wildman–Crippen MR) is 83.0 cm³/mol. The van der Waals surface area contributed by atoms with E-state index >= 15 is 0 Å². The molecule has 3 amide bonds. The summed E-state index contributed by atoms with van der Waals surface area (Å²) >= 11 is 1.44. The zero-order valence-electron chi connectivity index (χ0n) is 12.4. The van der Waals surface area contributed by atoms with Crippen molar-refractivity contribution >= 4 is 23.7 Å². The zero-order valence-corrected chi connectivity index (χ0v) is 13.3. The number of carbonyl (C=O) groups is 2. The van der Waals surface area contributed by atoms with Crippen LogP contribution in [0.5, 0.6) is 0 Å². The number of amides is 3. The first-order valence-corrected chi connectivity index (χ1v) is 7.64. The van der Waals surface area contributed by atoms with Gasteiger partial charge in [0, 0.05) is 11.4 Å². The van der Waals surface area contributed by atoms with Crippen LogP contribution in [-0.2, 0) is 4.79 Å². The summed E-state index contributed by atoms with van der Waals surface area (Å²) in [7, 11) is 0. The number of hydrogen-bond acceptors (Lipinski definition) is 3. The van der Waals surface area contributed by atoms with Gasteiger partial charge >= 0.3 is 6.03 Å². The molecular weight excluding hydrogens is 272 g/mol.